The highest BCUT2D eigenvalue weighted by molar-refractivity contribution is 5.85. The lowest BCUT2D eigenvalue weighted by Gasteiger charge is -2.21. The van der Waals surface area contributed by atoms with Crippen molar-refractivity contribution in [2.75, 3.05) is 39.3 Å². The number of nitrogens with one attached hydrogen (secondary N) is 1. The van der Waals surface area contributed by atoms with Crippen molar-refractivity contribution in [1.82, 2.24) is 15.1 Å². The van der Waals surface area contributed by atoms with Gasteiger partial charge in [-0.05, 0) is 33.2 Å². The third-order valence-corrected chi connectivity index (χ3v) is 3.59. The first-order chi connectivity index (χ1) is 9.19. The minimum atomic E-state index is 0. The molecule has 2 amide bonds. The van der Waals surface area contributed by atoms with E-state index in [0.717, 1.165) is 45.7 Å². The number of carbonyl (C=O) groups excluding carboxylic acids is 2. The van der Waals surface area contributed by atoms with Crippen LogP contribution in [0.15, 0.2) is 0 Å². The molecule has 1 fully saturated rings. The van der Waals surface area contributed by atoms with Gasteiger partial charge in [-0.25, -0.2) is 0 Å². The zero-order valence-corrected chi connectivity index (χ0v) is 13.5. The topological polar surface area (TPSA) is 52.7 Å². The van der Waals surface area contributed by atoms with E-state index in [1.54, 1.807) is 0 Å². The Morgan fingerprint density at radius 1 is 1.10 bits per heavy atom. The van der Waals surface area contributed by atoms with Gasteiger partial charge in [-0.15, -0.1) is 12.4 Å². The first kappa shape index (κ1) is 19.2. The predicted molar refractivity (Wildman–Crippen MR) is 83.1 cm³/mol. The molecule has 0 unspecified atom stereocenters. The maximum atomic E-state index is 12.0. The Hall–Kier alpha value is -0.810. The molecule has 0 radical (unpaired) electrons. The Bertz CT molecular complexity index is 288. The highest BCUT2D eigenvalue weighted by Crippen LogP contribution is 2.05. The standard InChI is InChI=1S/C14H27N3O2.ClH/c1-3-16(4-2)13(18)7-5-8-14(19)17-11-6-9-15-10-12-17;/h15H,3-12H2,1-2H3;1H. The summed E-state index contributed by atoms with van der Waals surface area (Å²) >= 11 is 0. The molecule has 1 aliphatic rings. The SMILES string of the molecule is CCN(CC)C(=O)CCCC(=O)N1CCCNCC1.Cl. The minimum Gasteiger partial charge on any atom is -0.343 e. The Kier molecular flexibility index (Phi) is 10.5. The summed E-state index contributed by atoms with van der Waals surface area (Å²) in [6.45, 7) is 8.97. The van der Waals surface area contributed by atoms with Gasteiger partial charge in [0, 0.05) is 45.6 Å². The first-order valence-corrected chi connectivity index (χ1v) is 7.45. The molecule has 0 spiro atoms. The van der Waals surface area contributed by atoms with Crippen molar-refractivity contribution < 1.29 is 9.59 Å². The van der Waals surface area contributed by atoms with Gasteiger partial charge in [-0.3, -0.25) is 9.59 Å². The number of hydrogen-bond donors (Lipinski definition) is 1. The van der Waals surface area contributed by atoms with E-state index in [2.05, 4.69) is 5.32 Å². The summed E-state index contributed by atoms with van der Waals surface area (Å²) < 4.78 is 0. The van der Waals surface area contributed by atoms with E-state index >= 15 is 0 Å². The average molecular weight is 306 g/mol. The largest absolute Gasteiger partial charge is 0.343 e. The van der Waals surface area contributed by atoms with Crippen LogP contribution in [0.1, 0.15) is 39.5 Å². The fourth-order valence-electron chi connectivity index (χ4n) is 2.38. The Balaban J connectivity index is 0.00000361. The fraction of sp³-hybridized carbons (Fsp3) is 0.857. The third kappa shape index (κ3) is 6.57. The monoisotopic (exact) mass is 305 g/mol. The van der Waals surface area contributed by atoms with E-state index in [4.69, 9.17) is 0 Å². The summed E-state index contributed by atoms with van der Waals surface area (Å²) in [6, 6.07) is 0. The molecule has 1 N–H and O–H groups in total. The van der Waals surface area contributed by atoms with E-state index in [1.807, 2.05) is 23.6 Å². The lowest BCUT2D eigenvalue weighted by Crippen LogP contribution is -2.34. The molecule has 0 aromatic carbocycles. The van der Waals surface area contributed by atoms with Crippen molar-refractivity contribution in [1.29, 1.82) is 0 Å². The molecular formula is C14H28ClN3O2. The lowest BCUT2D eigenvalue weighted by molar-refractivity contribution is -0.132. The summed E-state index contributed by atoms with van der Waals surface area (Å²) in [5.41, 5.74) is 0. The van der Waals surface area contributed by atoms with E-state index in [9.17, 15) is 9.59 Å². The van der Waals surface area contributed by atoms with Crippen LogP contribution in [0.2, 0.25) is 0 Å². The van der Waals surface area contributed by atoms with Gasteiger partial charge in [0.25, 0.3) is 0 Å². The van der Waals surface area contributed by atoms with Gasteiger partial charge < -0.3 is 15.1 Å². The Labute approximate surface area is 128 Å². The van der Waals surface area contributed by atoms with Crippen LogP contribution in [-0.2, 0) is 9.59 Å². The Morgan fingerprint density at radius 2 is 1.80 bits per heavy atom. The quantitative estimate of drug-likeness (QED) is 0.804. The van der Waals surface area contributed by atoms with Crippen LogP contribution < -0.4 is 5.32 Å². The molecule has 20 heavy (non-hydrogen) atoms. The molecule has 1 heterocycles. The van der Waals surface area contributed by atoms with Crippen molar-refractivity contribution in [3.05, 3.63) is 0 Å². The van der Waals surface area contributed by atoms with Crippen molar-refractivity contribution in [2.45, 2.75) is 39.5 Å². The lowest BCUT2D eigenvalue weighted by atomic mass is 10.2. The van der Waals surface area contributed by atoms with Gasteiger partial charge in [-0.1, -0.05) is 0 Å². The van der Waals surface area contributed by atoms with Crippen molar-refractivity contribution in [2.24, 2.45) is 0 Å². The molecule has 0 bridgehead atoms. The van der Waals surface area contributed by atoms with Crippen molar-refractivity contribution in [3.63, 3.8) is 0 Å². The van der Waals surface area contributed by atoms with Gasteiger partial charge in [0.2, 0.25) is 11.8 Å². The summed E-state index contributed by atoms with van der Waals surface area (Å²) in [4.78, 5) is 27.6. The van der Waals surface area contributed by atoms with Gasteiger partial charge in [0.15, 0.2) is 0 Å². The average Bonchev–Trinajstić information content (AvgIpc) is 2.69. The first-order valence-electron chi connectivity index (χ1n) is 7.45. The van der Waals surface area contributed by atoms with Gasteiger partial charge >= 0.3 is 0 Å². The molecule has 6 heteroatoms. The summed E-state index contributed by atoms with van der Waals surface area (Å²) in [5, 5.41) is 3.28. The van der Waals surface area contributed by atoms with E-state index in [1.165, 1.54) is 0 Å². The molecule has 1 saturated heterocycles. The minimum absolute atomic E-state index is 0. The number of carbonyl (C=O) groups is 2. The van der Waals surface area contributed by atoms with Gasteiger partial charge in [-0.2, -0.15) is 0 Å². The second-order valence-corrected chi connectivity index (χ2v) is 4.90. The van der Waals surface area contributed by atoms with E-state index < -0.39 is 0 Å². The molecule has 5 nitrogen and oxygen atoms in total. The smallest absolute Gasteiger partial charge is 0.222 e. The highest BCUT2D eigenvalue weighted by Gasteiger charge is 2.16. The predicted octanol–water partition coefficient (Wildman–Crippen LogP) is 1.27. The molecule has 118 valence electrons. The van der Waals surface area contributed by atoms with Gasteiger partial charge in [0.1, 0.15) is 0 Å². The molecule has 1 rings (SSSR count). The Morgan fingerprint density at radius 3 is 2.45 bits per heavy atom. The second kappa shape index (κ2) is 10.9. The number of rotatable bonds is 6. The maximum Gasteiger partial charge on any atom is 0.222 e. The van der Waals surface area contributed by atoms with Crippen LogP contribution in [0, 0.1) is 0 Å². The molecule has 0 aromatic heterocycles. The van der Waals surface area contributed by atoms with Crippen molar-refractivity contribution >= 4 is 24.2 Å². The van der Waals surface area contributed by atoms with Crippen LogP contribution in [0.25, 0.3) is 0 Å². The number of halogens is 1. The van der Waals surface area contributed by atoms with Crippen LogP contribution in [-0.4, -0.2) is 60.9 Å². The molecule has 1 aliphatic heterocycles. The van der Waals surface area contributed by atoms with E-state index in [-0.39, 0.29) is 24.2 Å². The molecule has 0 aliphatic carbocycles. The van der Waals surface area contributed by atoms with E-state index in [0.29, 0.717) is 19.3 Å². The van der Waals surface area contributed by atoms with Crippen LogP contribution in [0.4, 0.5) is 0 Å². The highest BCUT2D eigenvalue weighted by atomic mass is 35.5. The number of amides is 2. The zero-order chi connectivity index (χ0) is 14.1. The fourth-order valence-corrected chi connectivity index (χ4v) is 2.38. The molecule has 0 aromatic rings. The summed E-state index contributed by atoms with van der Waals surface area (Å²) in [6.07, 6.45) is 2.66. The molecule has 0 atom stereocenters. The zero-order valence-electron chi connectivity index (χ0n) is 12.7. The van der Waals surface area contributed by atoms with Crippen LogP contribution in [0.5, 0.6) is 0 Å². The molecular weight excluding hydrogens is 278 g/mol. The normalized spacial score (nSPS) is 15.2. The number of hydrogen-bond acceptors (Lipinski definition) is 3. The summed E-state index contributed by atoms with van der Waals surface area (Å²) in [7, 11) is 0. The second-order valence-electron chi connectivity index (χ2n) is 4.90. The maximum absolute atomic E-state index is 12.0. The van der Waals surface area contributed by atoms with Gasteiger partial charge in [0.05, 0.1) is 0 Å². The van der Waals surface area contributed by atoms with Crippen LogP contribution in [0.3, 0.4) is 0 Å². The van der Waals surface area contributed by atoms with Crippen LogP contribution >= 0.6 is 12.4 Å². The molecule has 0 saturated carbocycles. The number of nitrogens with zero attached hydrogens (tertiary/aromatic N) is 2. The third-order valence-electron chi connectivity index (χ3n) is 3.59. The van der Waals surface area contributed by atoms with Crippen molar-refractivity contribution in [3.8, 4) is 0 Å². The summed E-state index contributed by atoms with van der Waals surface area (Å²) in [5.74, 6) is 0.353.